The number of hydrogen-bond donors (Lipinski definition) is 1. The molecule has 1 aromatic rings. The second kappa shape index (κ2) is 7.95. The zero-order valence-corrected chi connectivity index (χ0v) is 12.2. The first-order valence-electron chi connectivity index (χ1n) is 7.02. The van der Waals surface area contributed by atoms with Gasteiger partial charge in [0.2, 0.25) is 5.91 Å². The SMILES string of the molecule is CCCCc1ccc(CC(=O)N(C)CC(C)O)cc1. The number of unbranched alkanes of at least 4 members (excludes halogenated alkanes) is 1. The number of amides is 1. The summed E-state index contributed by atoms with van der Waals surface area (Å²) in [6.45, 7) is 4.25. The van der Waals surface area contributed by atoms with Crippen LogP contribution in [0.4, 0.5) is 0 Å². The van der Waals surface area contributed by atoms with Crippen LogP contribution in [0.15, 0.2) is 24.3 Å². The highest BCUT2D eigenvalue weighted by Crippen LogP contribution is 2.09. The van der Waals surface area contributed by atoms with Crippen LogP contribution < -0.4 is 0 Å². The normalized spacial score (nSPS) is 12.2. The fourth-order valence-electron chi connectivity index (χ4n) is 2.01. The van der Waals surface area contributed by atoms with Crippen molar-refractivity contribution in [2.45, 2.75) is 45.6 Å². The summed E-state index contributed by atoms with van der Waals surface area (Å²) in [7, 11) is 1.73. The average molecular weight is 263 g/mol. The molecule has 1 unspecified atom stereocenters. The van der Waals surface area contributed by atoms with Gasteiger partial charge in [-0.25, -0.2) is 0 Å². The molecule has 0 radical (unpaired) electrons. The molecule has 3 heteroatoms. The Labute approximate surface area is 116 Å². The number of aliphatic hydroxyl groups excluding tert-OH is 1. The van der Waals surface area contributed by atoms with Gasteiger partial charge in [-0.1, -0.05) is 37.6 Å². The van der Waals surface area contributed by atoms with Crippen LogP contribution in [0.25, 0.3) is 0 Å². The minimum atomic E-state index is -0.481. The van der Waals surface area contributed by atoms with Crippen LogP contribution in [0.2, 0.25) is 0 Å². The zero-order valence-electron chi connectivity index (χ0n) is 12.2. The predicted octanol–water partition coefficient (Wildman–Crippen LogP) is 2.41. The van der Waals surface area contributed by atoms with Gasteiger partial charge in [-0.2, -0.15) is 0 Å². The first-order chi connectivity index (χ1) is 9.02. The van der Waals surface area contributed by atoms with Crippen molar-refractivity contribution >= 4 is 5.91 Å². The fourth-order valence-corrected chi connectivity index (χ4v) is 2.01. The van der Waals surface area contributed by atoms with Crippen molar-refractivity contribution in [1.29, 1.82) is 0 Å². The van der Waals surface area contributed by atoms with Crippen LogP contribution in [-0.4, -0.2) is 35.6 Å². The lowest BCUT2D eigenvalue weighted by Gasteiger charge is -2.18. The number of likely N-dealkylation sites (N-methyl/N-ethyl adjacent to an activating group) is 1. The van der Waals surface area contributed by atoms with E-state index in [9.17, 15) is 9.90 Å². The Morgan fingerprint density at radius 3 is 2.37 bits per heavy atom. The van der Waals surface area contributed by atoms with Crippen molar-refractivity contribution in [3.05, 3.63) is 35.4 Å². The summed E-state index contributed by atoms with van der Waals surface area (Å²) in [5.74, 6) is 0.0437. The number of benzene rings is 1. The number of hydrogen-bond acceptors (Lipinski definition) is 2. The highest BCUT2D eigenvalue weighted by atomic mass is 16.3. The molecule has 0 saturated carbocycles. The Morgan fingerprint density at radius 1 is 1.26 bits per heavy atom. The van der Waals surface area contributed by atoms with Gasteiger partial charge in [0.25, 0.3) is 0 Å². The molecule has 0 fully saturated rings. The van der Waals surface area contributed by atoms with Crippen molar-refractivity contribution in [2.75, 3.05) is 13.6 Å². The number of aryl methyl sites for hydroxylation is 1. The van der Waals surface area contributed by atoms with Gasteiger partial charge in [-0.05, 0) is 30.9 Å². The van der Waals surface area contributed by atoms with Gasteiger partial charge in [-0.3, -0.25) is 4.79 Å². The summed E-state index contributed by atoms with van der Waals surface area (Å²) in [4.78, 5) is 13.5. The van der Waals surface area contributed by atoms with Crippen LogP contribution in [0, 0.1) is 0 Å². The molecule has 0 heterocycles. The summed E-state index contributed by atoms with van der Waals surface area (Å²) >= 11 is 0. The van der Waals surface area contributed by atoms with Gasteiger partial charge in [0.1, 0.15) is 0 Å². The first kappa shape index (κ1) is 15.7. The van der Waals surface area contributed by atoms with Gasteiger partial charge >= 0.3 is 0 Å². The van der Waals surface area contributed by atoms with Gasteiger partial charge in [-0.15, -0.1) is 0 Å². The van der Waals surface area contributed by atoms with Crippen LogP contribution >= 0.6 is 0 Å². The standard InChI is InChI=1S/C16H25NO2/c1-4-5-6-14-7-9-15(10-8-14)11-16(19)17(3)12-13(2)18/h7-10,13,18H,4-6,11-12H2,1-3H3. The van der Waals surface area contributed by atoms with E-state index in [1.54, 1.807) is 18.9 Å². The Kier molecular flexibility index (Phi) is 6.57. The van der Waals surface area contributed by atoms with E-state index in [0.717, 1.165) is 12.0 Å². The van der Waals surface area contributed by atoms with E-state index in [1.807, 2.05) is 12.1 Å². The summed E-state index contributed by atoms with van der Waals surface area (Å²) in [5, 5.41) is 9.26. The predicted molar refractivity (Wildman–Crippen MR) is 78.1 cm³/mol. The maximum atomic E-state index is 11.9. The maximum Gasteiger partial charge on any atom is 0.226 e. The first-order valence-corrected chi connectivity index (χ1v) is 7.02. The molecule has 0 aliphatic rings. The molecule has 1 atom stereocenters. The quantitative estimate of drug-likeness (QED) is 0.820. The van der Waals surface area contributed by atoms with Gasteiger partial charge in [0.05, 0.1) is 12.5 Å². The average Bonchev–Trinajstić information content (AvgIpc) is 2.37. The van der Waals surface area contributed by atoms with Crippen LogP contribution in [-0.2, 0) is 17.6 Å². The van der Waals surface area contributed by atoms with E-state index in [2.05, 4.69) is 19.1 Å². The lowest BCUT2D eigenvalue weighted by Crippen LogP contribution is -2.34. The molecule has 1 N–H and O–H groups in total. The lowest BCUT2D eigenvalue weighted by molar-refractivity contribution is -0.130. The highest BCUT2D eigenvalue weighted by molar-refractivity contribution is 5.78. The number of rotatable bonds is 7. The molecule has 1 aromatic carbocycles. The fraction of sp³-hybridized carbons (Fsp3) is 0.562. The van der Waals surface area contributed by atoms with E-state index in [-0.39, 0.29) is 5.91 Å². The van der Waals surface area contributed by atoms with E-state index < -0.39 is 6.10 Å². The van der Waals surface area contributed by atoms with Crippen molar-refractivity contribution in [2.24, 2.45) is 0 Å². The minimum Gasteiger partial charge on any atom is -0.392 e. The third-order valence-electron chi connectivity index (χ3n) is 3.16. The second-order valence-electron chi connectivity index (χ2n) is 5.22. The van der Waals surface area contributed by atoms with E-state index in [4.69, 9.17) is 0 Å². The van der Waals surface area contributed by atoms with Crippen molar-refractivity contribution in [1.82, 2.24) is 4.90 Å². The van der Waals surface area contributed by atoms with Crippen LogP contribution in [0.5, 0.6) is 0 Å². The Bertz CT molecular complexity index is 384. The molecule has 3 nitrogen and oxygen atoms in total. The van der Waals surface area contributed by atoms with Crippen LogP contribution in [0.3, 0.4) is 0 Å². The number of nitrogens with zero attached hydrogens (tertiary/aromatic N) is 1. The Hall–Kier alpha value is -1.35. The van der Waals surface area contributed by atoms with Crippen molar-refractivity contribution in [3.8, 4) is 0 Å². The maximum absolute atomic E-state index is 11.9. The monoisotopic (exact) mass is 263 g/mol. The molecular formula is C16H25NO2. The van der Waals surface area contributed by atoms with E-state index in [1.165, 1.54) is 18.4 Å². The molecule has 0 bridgehead atoms. The van der Waals surface area contributed by atoms with Crippen molar-refractivity contribution < 1.29 is 9.90 Å². The molecule has 1 rings (SSSR count). The smallest absolute Gasteiger partial charge is 0.226 e. The molecule has 0 spiro atoms. The Balaban J connectivity index is 2.50. The summed E-state index contributed by atoms with van der Waals surface area (Å²) in [6, 6.07) is 8.26. The number of aliphatic hydroxyl groups is 1. The molecule has 106 valence electrons. The largest absolute Gasteiger partial charge is 0.392 e. The third kappa shape index (κ3) is 5.88. The Morgan fingerprint density at radius 2 is 1.84 bits per heavy atom. The number of carbonyl (C=O) groups excluding carboxylic acids is 1. The molecule has 0 aliphatic heterocycles. The molecule has 1 amide bonds. The van der Waals surface area contributed by atoms with E-state index in [0.29, 0.717) is 13.0 Å². The van der Waals surface area contributed by atoms with Crippen molar-refractivity contribution in [3.63, 3.8) is 0 Å². The topological polar surface area (TPSA) is 40.5 Å². The zero-order chi connectivity index (χ0) is 14.3. The second-order valence-corrected chi connectivity index (χ2v) is 5.22. The molecule has 0 aliphatic carbocycles. The lowest BCUT2D eigenvalue weighted by atomic mass is 10.0. The summed E-state index contributed by atoms with van der Waals surface area (Å²) < 4.78 is 0. The molecule has 19 heavy (non-hydrogen) atoms. The van der Waals surface area contributed by atoms with Gasteiger partial charge in [0, 0.05) is 13.6 Å². The summed E-state index contributed by atoms with van der Waals surface area (Å²) in [5.41, 5.74) is 2.36. The summed E-state index contributed by atoms with van der Waals surface area (Å²) in [6.07, 6.45) is 3.43. The third-order valence-corrected chi connectivity index (χ3v) is 3.16. The molecular weight excluding hydrogens is 238 g/mol. The van der Waals surface area contributed by atoms with Crippen LogP contribution in [0.1, 0.15) is 37.8 Å². The molecule has 0 aromatic heterocycles. The molecule has 0 saturated heterocycles. The number of carbonyl (C=O) groups is 1. The highest BCUT2D eigenvalue weighted by Gasteiger charge is 2.11. The van der Waals surface area contributed by atoms with E-state index >= 15 is 0 Å². The van der Waals surface area contributed by atoms with Gasteiger partial charge < -0.3 is 10.0 Å². The minimum absolute atomic E-state index is 0.0437. The van der Waals surface area contributed by atoms with Gasteiger partial charge in [0.15, 0.2) is 0 Å².